The summed E-state index contributed by atoms with van der Waals surface area (Å²) >= 11 is 1.57. The number of thiazole rings is 1. The highest BCUT2D eigenvalue weighted by atomic mass is 32.1. The van der Waals surface area contributed by atoms with Gasteiger partial charge in [0.15, 0.2) is 5.76 Å². The first kappa shape index (κ1) is 35.9. The molecular formula is C37H43N5O8S. The average molecular weight is 718 g/mol. The van der Waals surface area contributed by atoms with E-state index in [1.54, 1.807) is 35.6 Å². The van der Waals surface area contributed by atoms with Crippen molar-refractivity contribution < 1.29 is 38.5 Å². The highest BCUT2D eigenvalue weighted by Crippen LogP contribution is 2.32. The monoisotopic (exact) mass is 717 g/mol. The molecule has 6 rings (SSSR count). The predicted molar refractivity (Wildman–Crippen MR) is 190 cm³/mol. The number of rotatable bonds is 10. The third-order valence-electron chi connectivity index (χ3n) is 9.47. The molecule has 2 fully saturated rings. The fourth-order valence-electron chi connectivity index (χ4n) is 6.57. The number of nitrogens with zero attached hydrogens (tertiary/aromatic N) is 2. The van der Waals surface area contributed by atoms with Crippen molar-refractivity contribution in [3.8, 4) is 16.2 Å². The normalized spacial score (nSPS) is 21.4. The second-order valence-corrected chi connectivity index (χ2v) is 15.3. The molecule has 51 heavy (non-hydrogen) atoms. The maximum atomic E-state index is 14.1. The SMILES string of the molecule is Cc1ncsc1-c1ccc([C@H](C)NC(=O)[C@@H]2C[C@@H](O)CN2C(=O)[C@@H](NC(=O)c2cc3cc(O[C@H]4C[C@@H](NC(=O)O)C4)ccc3o2)C(C)(C)C)cc1. The number of furan rings is 1. The molecule has 0 unspecified atom stereocenters. The Kier molecular flexibility index (Phi) is 10.1. The van der Waals surface area contributed by atoms with E-state index in [-0.39, 0.29) is 42.8 Å². The summed E-state index contributed by atoms with van der Waals surface area (Å²) in [5, 5.41) is 28.4. The molecule has 5 N–H and O–H groups in total. The molecule has 2 aromatic heterocycles. The number of amides is 4. The molecule has 1 saturated heterocycles. The third-order valence-corrected chi connectivity index (χ3v) is 10.4. The number of hydrogen-bond acceptors (Lipinski definition) is 9. The Morgan fingerprint density at radius 1 is 1.04 bits per heavy atom. The van der Waals surface area contributed by atoms with E-state index in [4.69, 9.17) is 14.3 Å². The molecule has 1 aliphatic heterocycles. The second-order valence-electron chi connectivity index (χ2n) is 14.5. The van der Waals surface area contributed by atoms with E-state index >= 15 is 0 Å². The average Bonchev–Trinajstić information content (AvgIpc) is 3.79. The number of aromatic nitrogens is 1. The van der Waals surface area contributed by atoms with Gasteiger partial charge < -0.3 is 40.2 Å². The number of aryl methyl sites for hydroxylation is 1. The molecule has 0 bridgehead atoms. The minimum absolute atomic E-state index is 0.000313. The van der Waals surface area contributed by atoms with Crippen LogP contribution in [0.1, 0.15) is 74.8 Å². The lowest BCUT2D eigenvalue weighted by Gasteiger charge is -2.35. The topological polar surface area (TPSA) is 183 Å². The minimum Gasteiger partial charge on any atom is -0.490 e. The smallest absolute Gasteiger partial charge is 0.404 e. The van der Waals surface area contributed by atoms with Crippen LogP contribution in [0.2, 0.25) is 0 Å². The van der Waals surface area contributed by atoms with Gasteiger partial charge in [-0.15, -0.1) is 11.3 Å². The highest BCUT2D eigenvalue weighted by molar-refractivity contribution is 7.13. The number of benzene rings is 2. The maximum Gasteiger partial charge on any atom is 0.404 e. The number of fused-ring (bicyclic) bond motifs is 1. The van der Waals surface area contributed by atoms with Gasteiger partial charge in [-0.05, 0) is 54.7 Å². The van der Waals surface area contributed by atoms with Crippen LogP contribution in [0.3, 0.4) is 0 Å². The molecule has 270 valence electrons. The predicted octanol–water partition coefficient (Wildman–Crippen LogP) is 5.03. The van der Waals surface area contributed by atoms with Crippen LogP contribution in [0.5, 0.6) is 5.75 Å². The van der Waals surface area contributed by atoms with Crippen LogP contribution in [-0.4, -0.2) is 80.8 Å². The Labute approximate surface area is 299 Å². The molecule has 1 saturated carbocycles. The lowest BCUT2D eigenvalue weighted by Crippen LogP contribution is -2.57. The molecule has 4 aromatic rings. The second kappa shape index (κ2) is 14.3. The van der Waals surface area contributed by atoms with Crippen molar-refractivity contribution in [3.05, 3.63) is 71.1 Å². The van der Waals surface area contributed by atoms with Crippen LogP contribution in [0, 0.1) is 12.3 Å². The van der Waals surface area contributed by atoms with Crippen LogP contribution in [0.15, 0.2) is 58.5 Å². The standard InChI is InChI=1S/C37H43N5O8S/c1-19(21-6-8-22(9-7-21)31-20(2)38-18-51-31)39-33(44)28-16-25(43)17-42(28)35(46)32(37(3,4)5)41-34(45)30-13-23-12-26(10-11-29(23)50-30)49-27-14-24(15-27)40-36(47)48/h6-13,18-19,24-25,27-28,32,40,43H,14-17H2,1-5H3,(H,39,44)(H,41,45)(H,47,48)/t19-,24-,25+,27+,28-,32+/m0/s1. The first-order chi connectivity index (χ1) is 24.2. The number of β-amino-alcohol motifs (C(OH)–C–C–N with tert-alkyl or cyclic N) is 1. The molecule has 4 amide bonds. The van der Waals surface area contributed by atoms with E-state index in [0.29, 0.717) is 29.6 Å². The zero-order valence-electron chi connectivity index (χ0n) is 29.1. The molecule has 14 heteroatoms. The van der Waals surface area contributed by atoms with Gasteiger partial charge in [-0.25, -0.2) is 9.78 Å². The highest BCUT2D eigenvalue weighted by Gasteiger charge is 2.45. The van der Waals surface area contributed by atoms with Crippen molar-refractivity contribution in [1.29, 1.82) is 0 Å². The molecule has 0 radical (unpaired) electrons. The van der Waals surface area contributed by atoms with E-state index in [1.807, 2.05) is 64.4 Å². The number of aliphatic hydroxyl groups excluding tert-OH is 1. The first-order valence-electron chi connectivity index (χ1n) is 17.0. The quantitative estimate of drug-likeness (QED) is 0.150. The number of likely N-dealkylation sites (tertiary alicyclic amines) is 1. The summed E-state index contributed by atoms with van der Waals surface area (Å²) in [6.45, 7) is 9.23. The molecular weight excluding hydrogens is 675 g/mol. The van der Waals surface area contributed by atoms with Crippen molar-refractivity contribution in [2.24, 2.45) is 5.41 Å². The summed E-state index contributed by atoms with van der Waals surface area (Å²) in [5.41, 5.74) is 4.39. The van der Waals surface area contributed by atoms with Gasteiger partial charge in [0.05, 0.1) is 28.2 Å². The van der Waals surface area contributed by atoms with Gasteiger partial charge >= 0.3 is 6.09 Å². The molecule has 2 aliphatic rings. The van der Waals surface area contributed by atoms with Crippen LogP contribution in [0.4, 0.5) is 4.79 Å². The van der Waals surface area contributed by atoms with E-state index in [2.05, 4.69) is 20.9 Å². The molecule has 3 heterocycles. The van der Waals surface area contributed by atoms with Crippen LogP contribution in [0.25, 0.3) is 21.4 Å². The van der Waals surface area contributed by atoms with Gasteiger partial charge in [0.2, 0.25) is 11.8 Å². The van der Waals surface area contributed by atoms with Crippen LogP contribution in [-0.2, 0) is 9.59 Å². The summed E-state index contributed by atoms with van der Waals surface area (Å²) in [6, 6.07) is 12.1. The maximum absolute atomic E-state index is 14.1. The lowest BCUT2D eigenvalue weighted by atomic mass is 9.85. The Morgan fingerprint density at radius 3 is 2.41 bits per heavy atom. The minimum atomic E-state index is -1.06. The van der Waals surface area contributed by atoms with Gasteiger partial charge in [-0.1, -0.05) is 45.0 Å². The van der Waals surface area contributed by atoms with Gasteiger partial charge in [0.1, 0.15) is 29.5 Å². The van der Waals surface area contributed by atoms with Crippen molar-refractivity contribution in [2.45, 2.75) is 90.3 Å². The Bertz CT molecular complexity index is 1930. The Hall–Kier alpha value is -4.95. The Morgan fingerprint density at radius 2 is 1.76 bits per heavy atom. The van der Waals surface area contributed by atoms with Gasteiger partial charge in [0, 0.05) is 37.2 Å². The van der Waals surface area contributed by atoms with Crippen molar-refractivity contribution in [1.82, 2.24) is 25.8 Å². The first-order valence-corrected chi connectivity index (χ1v) is 17.8. The zero-order valence-corrected chi connectivity index (χ0v) is 30.0. The summed E-state index contributed by atoms with van der Waals surface area (Å²) < 4.78 is 11.8. The lowest BCUT2D eigenvalue weighted by molar-refractivity contribution is -0.142. The van der Waals surface area contributed by atoms with Gasteiger partial charge in [-0.2, -0.15) is 0 Å². The van der Waals surface area contributed by atoms with E-state index < -0.39 is 41.5 Å². The van der Waals surface area contributed by atoms with E-state index in [1.165, 1.54) is 4.90 Å². The van der Waals surface area contributed by atoms with E-state index in [9.17, 15) is 24.3 Å². The zero-order chi connectivity index (χ0) is 36.6. The fourth-order valence-corrected chi connectivity index (χ4v) is 7.38. The summed E-state index contributed by atoms with van der Waals surface area (Å²) in [6.07, 6.45) is -0.897. The van der Waals surface area contributed by atoms with Crippen LogP contribution < -0.4 is 20.7 Å². The van der Waals surface area contributed by atoms with Crippen molar-refractivity contribution in [2.75, 3.05) is 6.54 Å². The third kappa shape index (κ3) is 8.02. The van der Waals surface area contributed by atoms with Gasteiger partial charge in [0.25, 0.3) is 5.91 Å². The van der Waals surface area contributed by atoms with Crippen molar-refractivity contribution in [3.63, 3.8) is 0 Å². The Balaban J connectivity index is 1.11. The molecule has 4 atom stereocenters. The van der Waals surface area contributed by atoms with E-state index in [0.717, 1.165) is 21.7 Å². The molecule has 1 aliphatic carbocycles. The number of carbonyl (C=O) groups excluding carboxylic acids is 3. The number of hydrogen-bond donors (Lipinski definition) is 5. The van der Waals surface area contributed by atoms with Gasteiger partial charge in [-0.3, -0.25) is 14.4 Å². The van der Waals surface area contributed by atoms with Crippen LogP contribution >= 0.6 is 11.3 Å². The molecule has 13 nitrogen and oxygen atoms in total. The number of ether oxygens (including phenoxy) is 1. The number of carbonyl (C=O) groups is 4. The summed E-state index contributed by atoms with van der Waals surface area (Å²) in [4.78, 5) is 58.9. The molecule has 0 spiro atoms. The number of nitrogens with one attached hydrogen (secondary N) is 3. The summed E-state index contributed by atoms with van der Waals surface area (Å²) in [5.74, 6) is -0.910. The molecule has 2 aromatic carbocycles. The summed E-state index contributed by atoms with van der Waals surface area (Å²) in [7, 11) is 0. The number of aliphatic hydroxyl groups is 1. The number of carboxylic acid groups (broad SMARTS) is 1. The largest absolute Gasteiger partial charge is 0.490 e. The van der Waals surface area contributed by atoms with Crippen molar-refractivity contribution >= 4 is 46.1 Å². The fraction of sp³-hybridized carbons (Fsp3) is 0.432.